The molecule has 0 aliphatic carbocycles. The zero-order valence-electron chi connectivity index (χ0n) is 18.7. The molecule has 0 fully saturated rings. The lowest BCUT2D eigenvalue weighted by atomic mass is 10.1. The van der Waals surface area contributed by atoms with Crippen molar-refractivity contribution in [1.29, 1.82) is 0 Å². The van der Waals surface area contributed by atoms with Crippen molar-refractivity contribution >= 4 is 73.8 Å². The van der Waals surface area contributed by atoms with E-state index in [2.05, 4.69) is 43.5 Å². The molecule has 0 aromatic heterocycles. The van der Waals surface area contributed by atoms with Gasteiger partial charge in [-0.05, 0) is 93.0 Å². The molecule has 0 bridgehead atoms. The molecule has 0 atom stereocenters. The number of halogens is 3. The first-order valence-electron chi connectivity index (χ1n) is 10.6. The molecule has 3 aromatic carbocycles. The standard InChI is InChI=1S/C25H17BrClIN2O6/c1-2-34-22-11-15(9-19(26)23(22)35-13-14-4-3-5-16(28)8-14)10-21-25(31)36-24(29-21)18-12-17(30(32)33)6-7-20(18)27/h3-12H,2,13H2,1H3/b21-10-. The van der Waals surface area contributed by atoms with E-state index in [9.17, 15) is 14.9 Å². The SMILES string of the molecule is CCOc1cc(/C=C2\N=C(c3cc([N+](=O)[O-])ccc3Cl)OC2=O)cc(Br)c1OCc1cccc(I)c1. The Balaban J connectivity index is 1.64. The van der Waals surface area contributed by atoms with E-state index in [1.165, 1.54) is 24.3 Å². The molecule has 0 spiro atoms. The highest BCUT2D eigenvalue weighted by molar-refractivity contribution is 14.1. The number of nitro benzene ring substituents is 1. The third-order valence-corrected chi connectivity index (χ3v) is 6.51. The minimum Gasteiger partial charge on any atom is -0.490 e. The summed E-state index contributed by atoms with van der Waals surface area (Å²) >= 11 is 11.9. The number of non-ortho nitro benzene ring substituents is 1. The summed E-state index contributed by atoms with van der Waals surface area (Å²) < 4.78 is 18.8. The number of ether oxygens (including phenoxy) is 3. The number of benzene rings is 3. The van der Waals surface area contributed by atoms with Crippen molar-refractivity contribution in [1.82, 2.24) is 0 Å². The van der Waals surface area contributed by atoms with Gasteiger partial charge in [-0.3, -0.25) is 10.1 Å². The summed E-state index contributed by atoms with van der Waals surface area (Å²) in [4.78, 5) is 27.3. The first kappa shape index (κ1) is 26.1. The molecule has 0 N–H and O–H groups in total. The maximum atomic E-state index is 12.5. The van der Waals surface area contributed by atoms with Crippen molar-refractivity contribution in [3.8, 4) is 11.5 Å². The average Bonchev–Trinajstić information content (AvgIpc) is 3.18. The maximum Gasteiger partial charge on any atom is 0.363 e. The Bertz CT molecular complexity index is 1430. The molecular formula is C25H17BrClIN2O6. The van der Waals surface area contributed by atoms with Crippen LogP contribution in [0.15, 0.2) is 69.8 Å². The molecule has 1 aliphatic rings. The molecular weight excluding hydrogens is 667 g/mol. The number of carbonyl (C=O) groups excluding carboxylic acids is 1. The number of rotatable bonds is 8. The molecule has 8 nitrogen and oxygen atoms in total. The van der Waals surface area contributed by atoms with Gasteiger partial charge in [-0.1, -0.05) is 23.7 Å². The molecule has 0 saturated carbocycles. The molecule has 1 aliphatic heterocycles. The van der Waals surface area contributed by atoms with Crippen LogP contribution < -0.4 is 9.47 Å². The number of cyclic esters (lactones) is 1. The Morgan fingerprint density at radius 3 is 2.72 bits per heavy atom. The van der Waals surface area contributed by atoms with Crippen LogP contribution in [-0.4, -0.2) is 23.4 Å². The van der Waals surface area contributed by atoms with Gasteiger partial charge in [-0.2, -0.15) is 0 Å². The minimum atomic E-state index is -0.708. The van der Waals surface area contributed by atoms with E-state index in [4.69, 9.17) is 25.8 Å². The summed E-state index contributed by atoms with van der Waals surface area (Å²) in [5.74, 6) is 0.197. The normalized spacial score (nSPS) is 13.9. The summed E-state index contributed by atoms with van der Waals surface area (Å²) in [5.41, 5.74) is 1.58. The Labute approximate surface area is 233 Å². The highest BCUT2D eigenvalue weighted by Gasteiger charge is 2.27. The van der Waals surface area contributed by atoms with Crippen molar-refractivity contribution in [2.75, 3.05) is 6.61 Å². The van der Waals surface area contributed by atoms with Crippen molar-refractivity contribution in [3.05, 3.63) is 100 Å². The zero-order valence-corrected chi connectivity index (χ0v) is 23.2. The van der Waals surface area contributed by atoms with Gasteiger partial charge in [0.15, 0.2) is 17.2 Å². The minimum absolute atomic E-state index is 0.00875. The largest absolute Gasteiger partial charge is 0.490 e. The van der Waals surface area contributed by atoms with Crippen molar-refractivity contribution in [2.45, 2.75) is 13.5 Å². The number of aliphatic imine (C=N–C) groups is 1. The first-order chi connectivity index (χ1) is 17.2. The number of hydrogen-bond acceptors (Lipinski definition) is 7. The first-order valence-corrected chi connectivity index (χ1v) is 12.8. The summed E-state index contributed by atoms with van der Waals surface area (Å²) in [6.07, 6.45) is 1.53. The van der Waals surface area contributed by atoms with E-state index >= 15 is 0 Å². The molecule has 184 valence electrons. The lowest BCUT2D eigenvalue weighted by Gasteiger charge is -2.15. The second kappa shape index (κ2) is 11.4. The van der Waals surface area contributed by atoms with Crippen LogP contribution in [0.2, 0.25) is 5.02 Å². The van der Waals surface area contributed by atoms with Crippen LogP contribution in [0.4, 0.5) is 5.69 Å². The third kappa shape index (κ3) is 6.05. The summed E-state index contributed by atoms with van der Waals surface area (Å²) in [6.45, 7) is 2.61. The van der Waals surface area contributed by atoms with Gasteiger partial charge in [-0.25, -0.2) is 9.79 Å². The number of carbonyl (C=O) groups is 1. The quantitative estimate of drug-likeness (QED) is 0.0839. The van der Waals surface area contributed by atoms with E-state index in [1.807, 2.05) is 31.2 Å². The second-order valence-corrected chi connectivity index (χ2v) is 9.95. The predicted octanol–water partition coefficient (Wildman–Crippen LogP) is 6.94. The fraction of sp³-hybridized carbons (Fsp3) is 0.120. The van der Waals surface area contributed by atoms with E-state index in [-0.39, 0.29) is 27.9 Å². The highest BCUT2D eigenvalue weighted by Crippen LogP contribution is 2.38. The number of nitro groups is 1. The Morgan fingerprint density at radius 2 is 2.00 bits per heavy atom. The van der Waals surface area contributed by atoms with Gasteiger partial charge in [0.2, 0.25) is 5.90 Å². The van der Waals surface area contributed by atoms with E-state index < -0.39 is 10.9 Å². The smallest absolute Gasteiger partial charge is 0.363 e. The van der Waals surface area contributed by atoms with Gasteiger partial charge in [0, 0.05) is 15.7 Å². The lowest BCUT2D eigenvalue weighted by molar-refractivity contribution is -0.384. The molecule has 1 heterocycles. The van der Waals surface area contributed by atoms with Gasteiger partial charge in [0.05, 0.1) is 26.6 Å². The van der Waals surface area contributed by atoms with E-state index in [0.717, 1.165) is 9.13 Å². The van der Waals surface area contributed by atoms with Crippen LogP contribution in [-0.2, 0) is 16.1 Å². The molecule has 0 radical (unpaired) electrons. The van der Waals surface area contributed by atoms with Crippen LogP contribution in [0.25, 0.3) is 6.08 Å². The van der Waals surface area contributed by atoms with Gasteiger partial charge in [0.1, 0.15) is 6.61 Å². The number of nitrogens with zero attached hydrogens (tertiary/aromatic N) is 2. The summed E-state index contributed by atoms with van der Waals surface area (Å²) in [6, 6.07) is 15.3. The van der Waals surface area contributed by atoms with Gasteiger partial charge in [-0.15, -0.1) is 0 Å². The van der Waals surface area contributed by atoms with Crippen molar-refractivity contribution in [2.24, 2.45) is 4.99 Å². The van der Waals surface area contributed by atoms with Crippen LogP contribution in [0.5, 0.6) is 11.5 Å². The van der Waals surface area contributed by atoms with Crippen molar-refractivity contribution in [3.63, 3.8) is 0 Å². The lowest BCUT2D eigenvalue weighted by Crippen LogP contribution is -2.06. The molecule has 0 unspecified atom stereocenters. The fourth-order valence-electron chi connectivity index (χ4n) is 3.33. The topological polar surface area (TPSA) is 100 Å². The number of esters is 1. The van der Waals surface area contributed by atoms with Crippen LogP contribution in [0.3, 0.4) is 0 Å². The zero-order chi connectivity index (χ0) is 25.8. The fourth-order valence-corrected chi connectivity index (χ4v) is 4.71. The van der Waals surface area contributed by atoms with Crippen LogP contribution in [0.1, 0.15) is 23.6 Å². The summed E-state index contributed by atoms with van der Waals surface area (Å²) in [5, 5.41) is 11.3. The van der Waals surface area contributed by atoms with Crippen LogP contribution in [0, 0.1) is 13.7 Å². The van der Waals surface area contributed by atoms with Gasteiger partial charge in [0.25, 0.3) is 5.69 Å². The molecule has 11 heteroatoms. The maximum absolute atomic E-state index is 12.5. The second-order valence-electron chi connectivity index (χ2n) is 7.44. The molecule has 0 saturated heterocycles. The molecule has 4 rings (SSSR count). The molecule has 3 aromatic rings. The van der Waals surface area contributed by atoms with Gasteiger partial charge < -0.3 is 14.2 Å². The third-order valence-electron chi connectivity index (χ3n) is 4.92. The summed E-state index contributed by atoms with van der Waals surface area (Å²) in [7, 11) is 0. The van der Waals surface area contributed by atoms with Gasteiger partial charge >= 0.3 is 5.97 Å². The Kier molecular flexibility index (Phi) is 8.27. The molecule has 0 amide bonds. The Hall–Kier alpha value is -2.96. The Morgan fingerprint density at radius 1 is 1.19 bits per heavy atom. The highest BCUT2D eigenvalue weighted by atomic mass is 127. The molecule has 36 heavy (non-hydrogen) atoms. The number of hydrogen-bond donors (Lipinski definition) is 0. The monoisotopic (exact) mass is 682 g/mol. The van der Waals surface area contributed by atoms with Crippen LogP contribution >= 0.6 is 50.1 Å². The predicted molar refractivity (Wildman–Crippen MR) is 148 cm³/mol. The van der Waals surface area contributed by atoms with E-state index in [1.54, 1.807) is 12.1 Å². The average molecular weight is 684 g/mol. The van der Waals surface area contributed by atoms with E-state index in [0.29, 0.717) is 34.7 Å². The van der Waals surface area contributed by atoms with Crippen molar-refractivity contribution < 1.29 is 23.9 Å².